The Morgan fingerprint density at radius 3 is 2.54 bits per heavy atom. The highest BCUT2D eigenvalue weighted by Crippen LogP contribution is 2.17. The van der Waals surface area contributed by atoms with Crippen molar-refractivity contribution in [2.24, 2.45) is 15.9 Å². The van der Waals surface area contributed by atoms with Crippen molar-refractivity contribution < 1.29 is 14.4 Å². The summed E-state index contributed by atoms with van der Waals surface area (Å²) in [5, 5.41) is 9.26. The Balaban J connectivity index is 2.20. The van der Waals surface area contributed by atoms with Gasteiger partial charge in [-0.25, -0.2) is 4.99 Å². The number of carbonyl (C=O) groups excluding carboxylic acids is 3. The number of carbonyl (C=O) groups is 3. The highest BCUT2D eigenvalue weighted by atomic mass is 16.2. The van der Waals surface area contributed by atoms with E-state index in [1.165, 1.54) is 4.68 Å². The lowest BCUT2D eigenvalue weighted by Gasteiger charge is -2.17. The van der Waals surface area contributed by atoms with E-state index in [4.69, 9.17) is 0 Å². The molecule has 0 saturated carbocycles. The van der Waals surface area contributed by atoms with Crippen molar-refractivity contribution >= 4 is 35.2 Å². The number of aliphatic imine (C=N–C) groups is 2. The first-order chi connectivity index (χ1) is 12.4. The summed E-state index contributed by atoms with van der Waals surface area (Å²) in [4.78, 5) is 44.4. The monoisotopic (exact) mass is 360 g/mol. The standard InChI is InChI=1S/C17H24N6O3/c1-5-7-8-18-15(25)16(26)20-13-9-10(3)22-23(13)17-19-11(4)12(6-2)14(24)21-17/h9,12H,5-8H2,1-4H3,(H,18,25)(H,20,26). The van der Waals surface area contributed by atoms with E-state index >= 15 is 0 Å². The molecule has 0 bridgehead atoms. The van der Waals surface area contributed by atoms with Gasteiger partial charge in [0.25, 0.3) is 11.9 Å². The first-order valence-corrected chi connectivity index (χ1v) is 8.71. The van der Waals surface area contributed by atoms with E-state index in [0.29, 0.717) is 24.4 Å². The number of hydrogen-bond donors (Lipinski definition) is 2. The van der Waals surface area contributed by atoms with Crippen LogP contribution in [0.5, 0.6) is 0 Å². The molecule has 26 heavy (non-hydrogen) atoms. The van der Waals surface area contributed by atoms with E-state index in [2.05, 4.69) is 25.7 Å². The van der Waals surface area contributed by atoms with Crippen LogP contribution in [0.25, 0.3) is 0 Å². The number of rotatable bonds is 5. The molecule has 2 rings (SSSR count). The number of amides is 3. The normalized spacial score (nSPS) is 16.8. The maximum absolute atomic E-state index is 12.2. The van der Waals surface area contributed by atoms with Crippen LogP contribution in [0.3, 0.4) is 0 Å². The minimum absolute atomic E-state index is 0.0759. The molecule has 3 amide bonds. The summed E-state index contributed by atoms with van der Waals surface area (Å²) < 4.78 is 1.26. The van der Waals surface area contributed by atoms with Crippen molar-refractivity contribution in [3.63, 3.8) is 0 Å². The molecule has 0 spiro atoms. The zero-order valence-corrected chi connectivity index (χ0v) is 15.5. The largest absolute Gasteiger partial charge is 0.348 e. The molecule has 2 N–H and O–H groups in total. The van der Waals surface area contributed by atoms with Gasteiger partial charge in [0, 0.05) is 18.3 Å². The van der Waals surface area contributed by atoms with Gasteiger partial charge in [0.1, 0.15) is 5.82 Å². The highest BCUT2D eigenvalue weighted by molar-refractivity contribution is 6.39. The SMILES string of the molecule is CCCCNC(=O)C(=O)Nc1cc(C)nn1C1=NC(=O)C(CC)C(C)=N1. The molecule has 0 fully saturated rings. The Morgan fingerprint density at radius 2 is 1.92 bits per heavy atom. The summed E-state index contributed by atoms with van der Waals surface area (Å²) in [7, 11) is 0. The van der Waals surface area contributed by atoms with Crippen LogP contribution in [0, 0.1) is 12.8 Å². The number of aryl methyl sites for hydroxylation is 1. The van der Waals surface area contributed by atoms with Crippen molar-refractivity contribution in [1.82, 2.24) is 15.1 Å². The molecule has 1 aliphatic rings. The lowest BCUT2D eigenvalue weighted by atomic mass is 10.00. The van der Waals surface area contributed by atoms with Gasteiger partial charge in [-0.05, 0) is 26.7 Å². The third-order valence-corrected chi connectivity index (χ3v) is 3.98. The second-order valence-corrected chi connectivity index (χ2v) is 6.11. The van der Waals surface area contributed by atoms with Gasteiger partial charge in [-0.15, -0.1) is 0 Å². The molecule has 0 aromatic carbocycles. The number of unbranched alkanes of at least 4 members (excludes halogenated alkanes) is 1. The topological polar surface area (TPSA) is 118 Å². The first kappa shape index (κ1) is 19.5. The number of nitrogens with zero attached hydrogens (tertiary/aromatic N) is 4. The average Bonchev–Trinajstić information content (AvgIpc) is 2.95. The van der Waals surface area contributed by atoms with Crippen LogP contribution in [0.2, 0.25) is 0 Å². The van der Waals surface area contributed by atoms with Gasteiger partial charge >= 0.3 is 11.8 Å². The molecule has 1 atom stereocenters. The first-order valence-electron chi connectivity index (χ1n) is 8.71. The summed E-state index contributed by atoms with van der Waals surface area (Å²) in [6.07, 6.45) is 2.32. The molecular formula is C17H24N6O3. The Bertz CT molecular complexity index is 777. The van der Waals surface area contributed by atoms with Crippen molar-refractivity contribution in [3.8, 4) is 0 Å². The molecule has 2 heterocycles. The van der Waals surface area contributed by atoms with E-state index < -0.39 is 11.8 Å². The molecule has 0 radical (unpaired) electrons. The number of hydrogen-bond acceptors (Lipinski definition) is 5. The zero-order valence-electron chi connectivity index (χ0n) is 15.5. The summed E-state index contributed by atoms with van der Waals surface area (Å²) in [5.74, 6) is -1.85. The van der Waals surface area contributed by atoms with Crippen LogP contribution >= 0.6 is 0 Å². The predicted octanol–water partition coefficient (Wildman–Crippen LogP) is 1.28. The minimum atomic E-state index is -0.808. The second kappa shape index (κ2) is 8.50. The van der Waals surface area contributed by atoms with Gasteiger partial charge in [0.05, 0.1) is 11.6 Å². The Hall–Kier alpha value is -2.84. The fourth-order valence-corrected chi connectivity index (χ4v) is 2.55. The van der Waals surface area contributed by atoms with E-state index in [1.807, 2.05) is 13.8 Å². The Morgan fingerprint density at radius 1 is 1.19 bits per heavy atom. The minimum Gasteiger partial charge on any atom is -0.348 e. The van der Waals surface area contributed by atoms with Crippen molar-refractivity contribution in [1.29, 1.82) is 0 Å². The highest BCUT2D eigenvalue weighted by Gasteiger charge is 2.27. The fourth-order valence-electron chi connectivity index (χ4n) is 2.55. The van der Waals surface area contributed by atoms with Crippen molar-refractivity contribution in [2.45, 2.75) is 47.0 Å². The lowest BCUT2D eigenvalue weighted by Crippen LogP contribution is -2.37. The van der Waals surface area contributed by atoms with Crippen LogP contribution in [-0.2, 0) is 14.4 Å². The molecule has 0 aliphatic carbocycles. The third-order valence-electron chi connectivity index (χ3n) is 3.98. The molecule has 1 aliphatic heterocycles. The third kappa shape index (κ3) is 4.41. The average molecular weight is 360 g/mol. The maximum Gasteiger partial charge on any atom is 0.314 e. The van der Waals surface area contributed by atoms with Crippen molar-refractivity contribution in [3.05, 3.63) is 11.8 Å². The number of aromatic nitrogens is 2. The molecule has 9 heteroatoms. The van der Waals surface area contributed by atoms with Crippen LogP contribution in [-0.4, -0.2) is 45.7 Å². The van der Waals surface area contributed by atoms with Gasteiger partial charge in [0.15, 0.2) is 0 Å². The van der Waals surface area contributed by atoms with Crippen LogP contribution in [0.4, 0.5) is 5.82 Å². The van der Waals surface area contributed by atoms with Gasteiger partial charge in [-0.3, -0.25) is 14.4 Å². The number of nitrogens with one attached hydrogen (secondary N) is 2. The van der Waals surface area contributed by atoms with E-state index in [9.17, 15) is 14.4 Å². The number of anilines is 1. The van der Waals surface area contributed by atoms with Crippen LogP contribution in [0.15, 0.2) is 16.1 Å². The summed E-state index contributed by atoms with van der Waals surface area (Å²) in [5.41, 5.74) is 1.23. The van der Waals surface area contributed by atoms with Gasteiger partial charge in [-0.1, -0.05) is 20.3 Å². The molecule has 140 valence electrons. The zero-order chi connectivity index (χ0) is 19.3. The van der Waals surface area contributed by atoms with E-state index in [-0.39, 0.29) is 23.6 Å². The molecule has 1 unspecified atom stereocenters. The van der Waals surface area contributed by atoms with E-state index in [1.54, 1.807) is 19.9 Å². The quantitative estimate of drug-likeness (QED) is 0.607. The molecule has 1 aromatic heterocycles. The smallest absolute Gasteiger partial charge is 0.314 e. The molecular weight excluding hydrogens is 336 g/mol. The van der Waals surface area contributed by atoms with Gasteiger partial charge in [-0.2, -0.15) is 14.8 Å². The molecule has 9 nitrogen and oxygen atoms in total. The second-order valence-electron chi connectivity index (χ2n) is 6.11. The predicted molar refractivity (Wildman–Crippen MR) is 98.2 cm³/mol. The Kier molecular flexibility index (Phi) is 6.37. The summed E-state index contributed by atoms with van der Waals surface area (Å²) >= 11 is 0. The fraction of sp³-hybridized carbons (Fsp3) is 0.529. The van der Waals surface area contributed by atoms with Gasteiger partial charge < -0.3 is 10.6 Å². The molecule has 0 saturated heterocycles. The molecule has 1 aromatic rings. The van der Waals surface area contributed by atoms with Gasteiger partial charge in [0.2, 0.25) is 0 Å². The maximum atomic E-state index is 12.2. The van der Waals surface area contributed by atoms with Crippen LogP contribution in [0.1, 0.15) is 45.7 Å². The summed E-state index contributed by atoms with van der Waals surface area (Å²) in [6, 6.07) is 1.58. The van der Waals surface area contributed by atoms with Crippen molar-refractivity contribution in [2.75, 3.05) is 11.9 Å². The van der Waals surface area contributed by atoms with E-state index in [0.717, 1.165) is 12.8 Å². The lowest BCUT2D eigenvalue weighted by molar-refractivity contribution is -0.136. The van der Waals surface area contributed by atoms with Crippen LogP contribution < -0.4 is 10.6 Å². The Labute approximate surface area is 152 Å². The summed E-state index contributed by atoms with van der Waals surface area (Å²) in [6.45, 7) is 7.80.